The van der Waals surface area contributed by atoms with Crippen LogP contribution in [0.3, 0.4) is 0 Å². The van der Waals surface area contributed by atoms with Crippen molar-refractivity contribution in [2.75, 3.05) is 83.9 Å². The van der Waals surface area contributed by atoms with Gasteiger partial charge in [-0.15, -0.1) is 37.9 Å². The van der Waals surface area contributed by atoms with Crippen LogP contribution in [0.4, 0.5) is 11.4 Å². The number of nitrogens with one attached hydrogen (secondary N) is 2. The maximum absolute atomic E-state index is 12.8. The third-order valence-electron chi connectivity index (χ3n) is 16.5. The Balaban J connectivity index is 0.00000212. The van der Waals surface area contributed by atoms with Crippen LogP contribution < -0.4 is 20.3 Å². The minimum atomic E-state index is -4.71. The van der Waals surface area contributed by atoms with Gasteiger partial charge in [-0.3, -0.25) is 24.0 Å². The van der Waals surface area contributed by atoms with Crippen molar-refractivity contribution in [1.29, 1.82) is 0 Å². The van der Waals surface area contributed by atoms with Crippen LogP contribution >= 0.6 is 0 Å². The lowest BCUT2D eigenvalue weighted by Crippen LogP contribution is -2.28. The van der Waals surface area contributed by atoms with Gasteiger partial charge in [0.05, 0.1) is 75.5 Å². The second-order valence-corrected chi connectivity index (χ2v) is 27.2. The zero-order chi connectivity index (χ0) is 76.4. The Labute approximate surface area is 607 Å². The van der Waals surface area contributed by atoms with Gasteiger partial charge in [-0.25, -0.2) is 8.42 Å². The summed E-state index contributed by atoms with van der Waals surface area (Å²) in [5, 5.41) is 15.0. The molecule has 2 heterocycles. The van der Waals surface area contributed by atoms with Gasteiger partial charge in [0.25, 0.3) is 6.47 Å². The van der Waals surface area contributed by atoms with Gasteiger partial charge in [0.2, 0.25) is 23.8 Å². The summed E-state index contributed by atoms with van der Waals surface area (Å²) < 4.78 is 155. The molecule has 6 rings (SSSR count). The van der Waals surface area contributed by atoms with Gasteiger partial charge in [0, 0.05) is 79.8 Å². The molecule has 1 aliphatic carbocycles. The number of anilines is 1. The van der Waals surface area contributed by atoms with Gasteiger partial charge < -0.3 is 58.4 Å². The van der Waals surface area contributed by atoms with Crippen molar-refractivity contribution in [3.63, 3.8) is 0 Å². The maximum Gasteiger partial charge on any atom is 0.425 e. The molecule has 3 aliphatic rings. The number of nitrogens with zero attached hydrogens (tertiary/aromatic N) is 2. The molecule has 2 amide bonds. The number of hydrogen-bond donors (Lipinski definition) is 3. The van der Waals surface area contributed by atoms with Crippen molar-refractivity contribution in [3.05, 3.63) is 131 Å². The van der Waals surface area contributed by atoms with Crippen molar-refractivity contribution in [3.8, 4) is 5.75 Å². The zero-order valence-corrected chi connectivity index (χ0v) is 62.3. The lowest BCUT2D eigenvalue weighted by molar-refractivity contribution is -0.438. The third kappa shape index (κ3) is 33.5. The molecule has 0 radical (unpaired) electrons. The number of para-hydroxylation sites is 2. The van der Waals surface area contributed by atoms with Crippen molar-refractivity contribution in [1.82, 2.24) is 10.6 Å². The molecule has 2 aliphatic heterocycles. The summed E-state index contributed by atoms with van der Waals surface area (Å²) >= 11 is 0. The van der Waals surface area contributed by atoms with Crippen molar-refractivity contribution in [2.45, 2.75) is 166 Å². The quantitative estimate of drug-likeness (QED) is 0.0121. The van der Waals surface area contributed by atoms with E-state index in [1.165, 1.54) is 29.1 Å². The Kier molecular flexibility index (Phi) is 41.5. The van der Waals surface area contributed by atoms with Crippen LogP contribution in [0.15, 0.2) is 125 Å². The lowest BCUT2D eigenvalue weighted by atomic mass is 9.81. The molecule has 0 spiro atoms. The molecule has 103 heavy (non-hydrogen) atoms. The van der Waals surface area contributed by atoms with Gasteiger partial charge in [0.15, 0.2) is 5.71 Å². The largest absolute Gasteiger partial charge is 0.744 e. The topological polar surface area (TPSA) is 411 Å². The molecule has 0 aromatic heterocycles. The monoisotopic (exact) mass is 1520 g/mol. The number of hydrogen-bond acceptors (Lipinski definition) is 25. The van der Waals surface area contributed by atoms with Crippen LogP contribution in [-0.4, -0.2) is 182 Å². The second kappa shape index (κ2) is 48.0. The standard InChI is InChI=1S/C70H96N4O16S.3O3S/c1-7-9-39-73-59-27-16-15-26-57(59)69(3,4)61(73)34-30-52-22-20-23-53(67(52)89-55-24-12-10-13-25-55)31-35-62-70(5,6)58-50-56(91(81,82)83)32-33-60(58)74(62)40-19-11-14-28-63(76)72-38-42-85-44-46-87-48-47-86-45-43-84-41-36-64(77)71-37-18-17-29-66(88-51-75)90-65(78)49-54(21-8-2)68(79)80;3*1-4(2)3/h10,12-13,15-16,24-27,30-35,50-51,54,66H,7-9,11,14,17-23,28-29,36-49H2,1-6H3,(H3-,71,72,76,77,79,80,81,82,83);;;/t54-,66+;;;/m1.../s1. The number of esters is 1. The van der Waals surface area contributed by atoms with E-state index in [1.807, 2.05) is 37.3 Å². The molecule has 0 unspecified atom stereocenters. The number of carbonyl (C=O) groups is 5. The fourth-order valence-corrected chi connectivity index (χ4v) is 12.1. The van der Waals surface area contributed by atoms with E-state index in [2.05, 4.69) is 103 Å². The molecule has 3 aromatic carbocycles. The van der Waals surface area contributed by atoms with E-state index in [4.69, 9.17) is 71.0 Å². The molecule has 0 bridgehead atoms. The fraction of sp³-hybridized carbons (Fsp3) is 0.543. The first-order valence-corrected chi connectivity index (χ1v) is 38.2. The van der Waals surface area contributed by atoms with E-state index in [9.17, 15) is 42.0 Å². The molecule has 33 heteroatoms. The Morgan fingerprint density at radius 2 is 1.26 bits per heavy atom. The Bertz CT molecular complexity index is 3810. The highest BCUT2D eigenvalue weighted by atomic mass is 32.2. The average Bonchev–Trinajstić information content (AvgIpc) is 1.60. The summed E-state index contributed by atoms with van der Waals surface area (Å²) in [6.07, 6.45) is 17.0. The number of rotatable bonds is 43. The Morgan fingerprint density at radius 3 is 1.87 bits per heavy atom. The number of amides is 2. The number of allylic oxidation sites excluding steroid dienone is 7. The minimum absolute atomic E-state index is 0.0640. The molecule has 0 fully saturated rings. The van der Waals surface area contributed by atoms with Gasteiger partial charge >= 0.3 is 43.8 Å². The van der Waals surface area contributed by atoms with Gasteiger partial charge in [-0.1, -0.05) is 89.4 Å². The van der Waals surface area contributed by atoms with E-state index < -0.39 is 71.5 Å². The van der Waals surface area contributed by atoms with Crippen LogP contribution in [0.2, 0.25) is 0 Å². The first kappa shape index (κ1) is 89.1. The zero-order valence-electron chi connectivity index (χ0n) is 59.0. The normalized spacial score (nSPS) is 15.4. The number of carboxylic acid groups (broad SMARTS) is 1. The van der Waals surface area contributed by atoms with Crippen LogP contribution in [-0.2, 0) is 105 Å². The van der Waals surface area contributed by atoms with E-state index in [-0.39, 0.29) is 54.5 Å². The molecule has 0 saturated heterocycles. The molecular weight excluding hydrogens is 1430 g/mol. The summed E-state index contributed by atoms with van der Waals surface area (Å²) in [7, 11) is -14.0. The molecule has 29 nitrogen and oxygen atoms in total. The number of aliphatic carboxylic acids is 1. The smallest absolute Gasteiger partial charge is 0.425 e. The van der Waals surface area contributed by atoms with E-state index >= 15 is 0 Å². The summed E-state index contributed by atoms with van der Waals surface area (Å²) in [6, 6.07) is 23.2. The second-order valence-electron chi connectivity index (χ2n) is 24.6. The van der Waals surface area contributed by atoms with Crippen molar-refractivity contribution in [2.24, 2.45) is 5.92 Å². The highest BCUT2D eigenvalue weighted by molar-refractivity contribution is 7.85. The molecule has 3 N–H and O–H groups in total. The van der Waals surface area contributed by atoms with Crippen LogP contribution in [0.25, 0.3) is 0 Å². The predicted molar refractivity (Wildman–Crippen MR) is 375 cm³/mol. The number of fused-ring (bicyclic) bond motifs is 2. The van der Waals surface area contributed by atoms with Crippen LogP contribution in [0.5, 0.6) is 5.75 Å². The Morgan fingerprint density at radius 1 is 0.660 bits per heavy atom. The number of carbonyl (C=O) groups excluding carboxylic acids is 4. The van der Waals surface area contributed by atoms with E-state index in [0.29, 0.717) is 104 Å². The van der Waals surface area contributed by atoms with Crippen molar-refractivity contribution < 1.29 is 118 Å². The highest BCUT2D eigenvalue weighted by Crippen LogP contribution is 2.49. The number of benzene rings is 3. The summed E-state index contributed by atoms with van der Waals surface area (Å²) in [4.78, 5) is 61.4. The predicted octanol–water partition coefficient (Wildman–Crippen LogP) is 7.79. The molecule has 3 aromatic rings. The average molecular weight is 1520 g/mol. The number of carboxylic acids is 1. The molecule has 0 saturated carbocycles. The van der Waals surface area contributed by atoms with E-state index in [0.717, 1.165) is 91.1 Å². The Hall–Kier alpha value is -8.15. The van der Waals surface area contributed by atoms with Crippen molar-refractivity contribution >= 4 is 89.3 Å². The van der Waals surface area contributed by atoms with Gasteiger partial charge in [0.1, 0.15) is 28.2 Å². The SMILES string of the molecule is CCCC[N+]1=C(C=CC2=C(Oc3ccccc3)C(=CC=C3N(CCCCCC(=O)NCCOCCOCCOCCOCCC(=O)NCCCC[C@@H](OC=O)OC(=O)C[C@@H](CCC)C(=O)O)c4ccc(S(=O)(=O)[O-])cc4C3(C)C)CCC2)C(C)(C)c2ccccc21.O=S(=O)=O.O=S(=O)=O.O=S(=O)=O. The summed E-state index contributed by atoms with van der Waals surface area (Å²) in [6.45, 7) is 17.8. The van der Waals surface area contributed by atoms with Crippen LogP contribution in [0.1, 0.15) is 155 Å². The first-order valence-electron chi connectivity index (χ1n) is 33.8. The summed E-state index contributed by atoms with van der Waals surface area (Å²) in [5.74, 6) is -1.39. The van der Waals surface area contributed by atoms with Gasteiger partial charge in [-0.2, -0.15) is 4.58 Å². The number of unbranched alkanes of at least 4 members (excludes halogenated alkanes) is 4. The minimum Gasteiger partial charge on any atom is -0.744 e. The lowest BCUT2D eigenvalue weighted by Gasteiger charge is -2.27. The molecule has 2 atom stereocenters. The summed E-state index contributed by atoms with van der Waals surface area (Å²) in [5.41, 5.74) is 7.72. The maximum atomic E-state index is 12.8. The fourth-order valence-electron chi connectivity index (χ4n) is 11.6. The first-order chi connectivity index (χ1) is 49.0. The van der Waals surface area contributed by atoms with Crippen LogP contribution in [0, 0.1) is 5.92 Å². The highest BCUT2D eigenvalue weighted by Gasteiger charge is 2.44. The van der Waals surface area contributed by atoms with Gasteiger partial charge in [-0.05, 0) is 124 Å². The molecule has 570 valence electrons. The number of ether oxygens (including phenoxy) is 7. The third-order valence-corrected chi connectivity index (χ3v) is 17.3. The van der Waals surface area contributed by atoms with E-state index in [1.54, 1.807) is 6.07 Å². The molecular formula is C70H96N4O25S4.